The lowest BCUT2D eigenvalue weighted by Gasteiger charge is -2.18. The van der Waals surface area contributed by atoms with E-state index in [0.29, 0.717) is 17.8 Å². The maximum atomic E-state index is 5.94. The van der Waals surface area contributed by atoms with Crippen LogP contribution in [0.3, 0.4) is 0 Å². The first-order chi connectivity index (χ1) is 7.15. The third-order valence-corrected chi connectivity index (χ3v) is 3.58. The van der Waals surface area contributed by atoms with E-state index in [2.05, 4.69) is 30.6 Å². The molecule has 1 aliphatic rings. The van der Waals surface area contributed by atoms with Gasteiger partial charge in [-0.1, -0.05) is 13.8 Å². The van der Waals surface area contributed by atoms with Crippen LogP contribution in [0.25, 0.3) is 0 Å². The molecule has 3 heteroatoms. The molecule has 1 saturated carbocycles. The first kappa shape index (κ1) is 11.0. The molecule has 2 nitrogen and oxygen atoms in total. The van der Waals surface area contributed by atoms with E-state index in [0.717, 1.165) is 5.92 Å². The van der Waals surface area contributed by atoms with Gasteiger partial charge in [-0.25, -0.2) is 0 Å². The van der Waals surface area contributed by atoms with Gasteiger partial charge in [0.05, 0.1) is 18.1 Å². The summed E-state index contributed by atoms with van der Waals surface area (Å²) in [5.74, 6) is 1.92. The summed E-state index contributed by atoms with van der Waals surface area (Å²) < 4.78 is 2.19. The SMILES string of the molecule is CC(C)c1c(CCl)cnn1C(C)C1CC1. The Balaban J connectivity index is 2.32. The molecule has 2 rings (SSSR count). The number of halogens is 1. The number of alkyl halides is 1. The van der Waals surface area contributed by atoms with Crippen LogP contribution in [0.5, 0.6) is 0 Å². The van der Waals surface area contributed by atoms with Gasteiger partial charge in [0.1, 0.15) is 0 Å². The van der Waals surface area contributed by atoms with E-state index in [1.807, 2.05) is 6.20 Å². The minimum absolute atomic E-state index is 0.502. The van der Waals surface area contributed by atoms with Gasteiger partial charge < -0.3 is 0 Å². The molecule has 1 aliphatic carbocycles. The molecule has 15 heavy (non-hydrogen) atoms. The molecular formula is C12H19ClN2. The molecular weight excluding hydrogens is 208 g/mol. The van der Waals surface area contributed by atoms with Crippen molar-refractivity contribution in [2.24, 2.45) is 5.92 Å². The molecule has 0 spiro atoms. The molecule has 0 amide bonds. The Morgan fingerprint density at radius 2 is 2.13 bits per heavy atom. The zero-order valence-corrected chi connectivity index (χ0v) is 10.5. The Bertz CT molecular complexity index is 339. The molecule has 0 radical (unpaired) electrons. The fourth-order valence-electron chi connectivity index (χ4n) is 2.25. The summed E-state index contributed by atoms with van der Waals surface area (Å²) in [4.78, 5) is 0. The van der Waals surface area contributed by atoms with E-state index in [4.69, 9.17) is 11.6 Å². The number of hydrogen-bond donors (Lipinski definition) is 0. The van der Waals surface area contributed by atoms with E-state index in [-0.39, 0.29) is 0 Å². The lowest BCUT2D eigenvalue weighted by molar-refractivity contribution is 0.418. The van der Waals surface area contributed by atoms with Crippen LogP contribution >= 0.6 is 11.6 Å². The summed E-state index contributed by atoms with van der Waals surface area (Å²) in [7, 11) is 0. The first-order valence-corrected chi connectivity index (χ1v) is 6.30. The van der Waals surface area contributed by atoms with Gasteiger partial charge in [-0.05, 0) is 31.6 Å². The third kappa shape index (κ3) is 2.05. The predicted molar refractivity (Wildman–Crippen MR) is 63.3 cm³/mol. The Labute approximate surface area is 96.6 Å². The van der Waals surface area contributed by atoms with Crippen LogP contribution in [-0.2, 0) is 5.88 Å². The Kier molecular flexibility index (Phi) is 3.06. The molecule has 1 aromatic rings. The molecule has 1 aromatic heterocycles. The van der Waals surface area contributed by atoms with Crippen molar-refractivity contribution in [3.8, 4) is 0 Å². The van der Waals surface area contributed by atoms with Crippen LogP contribution in [0.15, 0.2) is 6.20 Å². The van der Waals surface area contributed by atoms with Crippen molar-refractivity contribution < 1.29 is 0 Å². The Hall–Kier alpha value is -0.500. The summed E-state index contributed by atoms with van der Waals surface area (Å²) in [5, 5.41) is 4.50. The van der Waals surface area contributed by atoms with Crippen LogP contribution in [0, 0.1) is 5.92 Å². The van der Waals surface area contributed by atoms with Gasteiger partial charge >= 0.3 is 0 Å². The number of hydrogen-bond acceptors (Lipinski definition) is 1. The lowest BCUT2D eigenvalue weighted by atomic mass is 10.1. The zero-order valence-electron chi connectivity index (χ0n) is 9.70. The van der Waals surface area contributed by atoms with E-state index < -0.39 is 0 Å². The molecule has 0 saturated heterocycles. The van der Waals surface area contributed by atoms with Gasteiger partial charge in [0.2, 0.25) is 0 Å². The van der Waals surface area contributed by atoms with Crippen molar-refractivity contribution in [1.29, 1.82) is 0 Å². The van der Waals surface area contributed by atoms with E-state index >= 15 is 0 Å². The van der Waals surface area contributed by atoms with Crippen LogP contribution in [-0.4, -0.2) is 9.78 Å². The van der Waals surface area contributed by atoms with Gasteiger partial charge in [-0.2, -0.15) is 5.10 Å². The second kappa shape index (κ2) is 4.17. The molecule has 1 unspecified atom stereocenters. The van der Waals surface area contributed by atoms with Crippen LogP contribution < -0.4 is 0 Å². The zero-order chi connectivity index (χ0) is 11.0. The fourth-order valence-corrected chi connectivity index (χ4v) is 2.45. The van der Waals surface area contributed by atoms with Crippen LogP contribution in [0.4, 0.5) is 0 Å². The summed E-state index contributed by atoms with van der Waals surface area (Å²) >= 11 is 5.94. The second-order valence-corrected chi connectivity index (χ2v) is 5.13. The quantitative estimate of drug-likeness (QED) is 0.716. The summed E-state index contributed by atoms with van der Waals surface area (Å²) in [6, 6.07) is 0.541. The highest BCUT2D eigenvalue weighted by Gasteiger charge is 2.31. The van der Waals surface area contributed by atoms with Gasteiger partial charge in [-0.15, -0.1) is 11.6 Å². The van der Waals surface area contributed by atoms with Crippen molar-refractivity contribution in [1.82, 2.24) is 9.78 Å². The second-order valence-electron chi connectivity index (χ2n) is 4.87. The Morgan fingerprint density at radius 1 is 1.47 bits per heavy atom. The molecule has 1 atom stereocenters. The van der Waals surface area contributed by atoms with Crippen molar-refractivity contribution in [2.75, 3.05) is 0 Å². The van der Waals surface area contributed by atoms with Crippen molar-refractivity contribution in [3.63, 3.8) is 0 Å². The lowest BCUT2D eigenvalue weighted by Crippen LogP contribution is -2.13. The maximum Gasteiger partial charge on any atom is 0.0537 e. The average molecular weight is 227 g/mol. The monoisotopic (exact) mass is 226 g/mol. The third-order valence-electron chi connectivity index (χ3n) is 3.29. The van der Waals surface area contributed by atoms with Crippen molar-refractivity contribution >= 4 is 11.6 Å². The highest BCUT2D eigenvalue weighted by molar-refractivity contribution is 6.17. The van der Waals surface area contributed by atoms with Crippen LogP contribution in [0.1, 0.15) is 56.8 Å². The van der Waals surface area contributed by atoms with E-state index in [1.165, 1.54) is 24.1 Å². The van der Waals surface area contributed by atoms with E-state index in [9.17, 15) is 0 Å². The predicted octanol–water partition coefficient (Wildman–Crippen LogP) is 3.72. The minimum atomic E-state index is 0.502. The number of rotatable bonds is 4. The van der Waals surface area contributed by atoms with Gasteiger partial charge in [-0.3, -0.25) is 4.68 Å². The normalized spacial score (nSPS) is 18.5. The topological polar surface area (TPSA) is 17.8 Å². The average Bonchev–Trinajstić information content (AvgIpc) is 2.95. The maximum absolute atomic E-state index is 5.94. The van der Waals surface area contributed by atoms with Gasteiger partial charge in [0.15, 0.2) is 0 Å². The van der Waals surface area contributed by atoms with Crippen molar-refractivity contribution in [3.05, 3.63) is 17.5 Å². The minimum Gasteiger partial charge on any atom is -0.266 e. The largest absolute Gasteiger partial charge is 0.266 e. The molecule has 1 heterocycles. The smallest absolute Gasteiger partial charge is 0.0537 e. The van der Waals surface area contributed by atoms with E-state index in [1.54, 1.807) is 0 Å². The van der Waals surface area contributed by atoms with Gasteiger partial charge in [0, 0.05) is 11.3 Å². The molecule has 0 N–H and O–H groups in total. The molecule has 0 aromatic carbocycles. The van der Waals surface area contributed by atoms with Crippen molar-refractivity contribution in [2.45, 2.75) is 51.5 Å². The highest BCUT2D eigenvalue weighted by atomic mass is 35.5. The standard InChI is InChI=1S/C12H19ClN2/c1-8(2)12-11(6-13)7-14-15(12)9(3)10-4-5-10/h7-10H,4-6H2,1-3H3. The molecule has 1 fully saturated rings. The molecule has 0 aliphatic heterocycles. The number of nitrogens with zero attached hydrogens (tertiary/aromatic N) is 2. The summed E-state index contributed by atoms with van der Waals surface area (Å²) in [5.41, 5.74) is 2.52. The first-order valence-electron chi connectivity index (χ1n) is 5.77. The molecule has 84 valence electrons. The highest BCUT2D eigenvalue weighted by Crippen LogP contribution is 2.40. The summed E-state index contributed by atoms with van der Waals surface area (Å²) in [6.07, 6.45) is 4.64. The molecule has 0 bridgehead atoms. The van der Waals surface area contributed by atoms with Gasteiger partial charge in [0.25, 0.3) is 0 Å². The number of aromatic nitrogens is 2. The van der Waals surface area contributed by atoms with Crippen LogP contribution in [0.2, 0.25) is 0 Å². The summed E-state index contributed by atoms with van der Waals surface area (Å²) in [6.45, 7) is 6.70. The Morgan fingerprint density at radius 3 is 2.60 bits per heavy atom. The fraction of sp³-hybridized carbons (Fsp3) is 0.750.